The van der Waals surface area contributed by atoms with E-state index in [1.165, 1.54) is 32.4 Å². The Balaban J connectivity index is 2.05. The fourth-order valence-corrected chi connectivity index (χ4v) is 2.55. The second-order valence-corrected chi connectivity index (χ2v) is 5.59. The van der Waals surface area contributed by atoms with Crippen molar-refractivity contribution >= 4 is 28.5 Å². The summed E-state index contributed by atoms with van der Waals surface area (Å²) in [5.74, 6) is -1.66. The molecule has 0 aliphatic carbocycles. The van der Waals surface area contributed by atoms with Crippen molar-refractivity contribution in [2.75, 3.05) is 19.5 Å². The Morgan fingerprint density at radius 2 is 1.82 bits per heavy atom. The third-order valence-electron chi connectivity index (χ3n) is 3.79. The van der Waals surface area contributed by atoms with Crippen LogP contribution in [0, 0.1) is 5.82 Å². The Morgan fingerprint density at radius 3 is 2.46 bits per heavy atom. The summed E-state index contributed by atoms with van der Waals surface area (Å²) < 4.78 is 63.2. The van der Waals surface area contributed by atoms with Crippen LogP contribution in [-0.4, -0.2) is 30.2 Å². The topological polar surface area (TPSA) is 73.3 Å². The van der Waals surface area contributed by atoms with Crippen molar-refractivity contribution in [2.45, 2.75) is 6.18 Å². The van der Waals surface area contributed by atoms with Gasteiger partial charge in [-0.2, -0.15) is 13.2 Å². The maximum absolute atomic E-state index is 13.4. The van der Waals surface area contributed by atoms with Gasteiger partial charge in [0.25, 0.3) is 0 Å². The summed E-state index contributed by atoms with van der Waals surface area (Å²) in [5, 5.41) is 2.19. The molecule has 6 nitrogen and oxygen atoms in total. The van der Waals surface area contributed by atoms with E-state index in [1.54, 1.807) is 0 Å². The lowest BCUT2D eigenvalue weighted by Crippen LogP contribution is -2.12. The Morgan fingerprint density at radius 1 is 1.07 bits per heavy atom. The number of benzene rings is 2. The highest BCUT2D eigenvalue weighted by atomic mass is 19.4. The molecule has 0 amide bonds. The minimum absolute atomic E-state index is 0.0793. The largest absolute Gasteiger partial charge is 0.496 e. The van der Waals surface area contributed by atoms with E-state index < -0.39 is 29.0 Å². The van der Waals surface area contributed by atoms with E-state index in [9.17, 15) is 22.4 Å². The van der Waals surface area contributed by atoms with E-state index >= 15 is 0 Å². The zero-order valence-corrected chi connectivity index (χ0v) is 14.6. The van der Waals surface area contributed by atoms with Crippen molar-refractivity contribution in [2.24, 2.45) is 0 Å². The van der Waals surface area contributed by atoms with Gasteiger partial charge in [-0.25, -0.2) is 19.2 Å². The Hall–Kier alpha value is -3.43. The highest BCUT2D eigenvalue weighted by molar-refractivity contribution is 5.93. The number of carbonyl (C=O) groups excluding carboxylic acids is 1. The van der Waals surface area contributed by atoms with Crippen LogP contribution in [-0.2, 0) is 10.9 Å². The van der Waals surface area contributed by atoms with Gasteiger partial charge in [0.05, 0.1) is 19.7 Å². The first-order chi connectivity index (χ1) is 13.2. The number of alkyl halides is 3. The first kappa shape index (κ1) is 19.3. The number of fused-ring (bicyclic) bond motifs is 1. The van der Waals surface area contributed by atoms with Crippen LogP contribution in [0.2, 0.25) is 0 Å². The SMILES string of the molecule is COC(=O)c1ccc(Nc2nc(C(F)(F)F)c3cc(F)ccc3n2)cc1OC. The monoisotopic (exact) mass is 395 g/mol. The number of hydrogen-bond donors (Lipinski definition) is 1. The van der Waals surface area contributed by atoms with Crippen molar-refractivity contribution < 1.29 is 31.8 Å². The lowest BCUT2D eigenvalue weighted by Gasteiger charge is -2.13. The van der Waals surface area contributed by atoms with Gasteiger partial charge in [-0.15, -0.1) is 0 Å². The molecule has 0 bridgehead atoms. The highest BCUT2D eigenvalue weighted by Crippen LogP contribution is 2.34. The molecular weight excluding hydrogens is 382 g/mol. The predicted molar refractivity (Wildman–Crippen MR) is 92.1 cm³/mol. The van der Waals surface area contributed by atoms with Crippen molar-refractivity contribution in [3.8, 4) is 5.75 Å². The van der Waals surface area contributed by atoms with Crippen LogP contribution < -0.4 is 10.1 Å². The first-order valence-corrected chi connectivity index (χ1v) is 7.81. The molecule has 3 rings (SSSR count). The molecule has 0 radical (unpaired) electrons. The molecule has 0 aliphatic heterocycles. The van der Waals surface area contributed by atoms with Gasteiger partial charge in [0.15, 0.2) is 5.69 Å². The van der Waals surface area contributed by atoms with Crippen LogP contribution in [0.3, 0.4) is 0 Å². The lowest BCUT2D eigenvalue weighted by atomic mass is 10.1. The van der Waals surface area contributed by atoms with Gasteiger partial charge in [-0.05, 0) is 30.3 Å². The summed E-state index contributed by atoms with van der Waals surface area (Å²) in [6.45, 7) is 0. The van der Waals surface area contributed by atoms with Crippen molar-refractivity contribution in [3.05, 3.63) is 53.5 Å². The average molecular weight is 395 g/mol. The van der Waals surface area contributed by atoms with E-state index in [2.05, 4.69) is 20.0 Å². The molecule has 10 heteroatoms. The number of esters is 1. The molecule has 0 atom stereocenters. The van der Waals surface area contributed by atoms with Crippen molar-refractivity contribution in [1.82, 2.24) is 9.97 Å². The van der Waals surface area contributed by atoms with Crippen molar-refractivity contribution in [3.63, 3.8) is 0 Å². The third kappa shape index (κ3) is 3.80. The summed E-state index contributed by atoms with van der Waals surface area (Å²) in [6.07, 6.45) is -4.81. The summed E-state index contributed by atoms with van der Waals surface area (Å²) in [6, 6.07) is 7.07. The highest BCUT2D eigenvalue weighted by Gasteiger charge is 2.35. The van der Waals surface area contributed by atoms with E-state index in [4.69, 9.17) is 4.74 Å². The predicted octanol–water partition coefficient (Wildman–Crippen LogP) is 4.33. The van der Waals surface area contributed by atoms with E-state index in [0.29, 0.717) is 0 Å². The summed E-state index contributed by atoms with van der Waals surface area (Å²) in [5.41, 5.74) is -0.928. The van der Waals surface area contributed by atoms with Gasteiger partial charge in [0.1, 0.15) is 17.1 Å². The molecule has 2 aromatic carbocycles. The molecule has 3 aromatic rings. The second-order valence-electron chi connectivity index (χ2n) is 5.59. The number of rotatable bonds is 4. The molecule has 0 unspecified atom stereocenters. The van der Waals surface area contributed by atoms with Gasteiger partial charge in [-0.1, -0.05) is 0 Å². The zero-order chi connectivity index (χ0) is 20.5. The Labute approximate surface area is 156 Å². The van der Waals surface area contributed by atoms with Gasteiger partial charge in [0, 0.05) is 17.1 Å². The van der Waals surface area contributed by atoms with E-state index in [0.717, 1.165) is 18.2 Å². The van der Waals surface area contributed by atoms with E-state index in [1.807, 2.05) is 0 Å². The molecule has 1 heterocycles. The number of ether oxygens (including phenoxy) is 2. The van der Waals surface area contributed by atoms with Gasteiger partial charge in [-0.3, -0.25) is 0 Å². The smallest absolute Gasteiger partial charge is 0.434 e. The molecular formula is C18H13F4N3O3. The van der Waals surface area contributed by atoms with Crippen LogP contribution >= 0.6 is 0 Å². The fourth-order valence-electron chi connectivity index (χ4n) is 2.55. The molecule has 0 spiro atoms. The van der Waals surface area contributed by atoms with E-state index in [-0.39, 0.29) is 28.5 Å². The number of methoxy groups -OCH3 is 2. The van der Waals surface area contributed by atoms with Gasteiger partial charge >= 0.3 is 12.1 Å². The van der Waals surface area contributed by atoms with Crippen molar-refractivity contribution in [1.29, 1.82) is 0 Å². The quantitative estimate of drug-likeness (QED) is 0.524. The number of halogens is 4. The molecule has 146 valence electrons. The van der Waals surface area contributed by atoms with Crippen LogP contribution in [0.15, 0.2) is 36.4 Å². The van der Waals surface area contributed by atoms with Crippen LogP contribution in [0.1, 0.15) is 16.1 Å². The summed E-state index contributed by atoms with van der Waals surface area (Å²) >= 11 is 0. The van der Waals surface area contributed by atoms with Crippen LogP contribution in [0.25, 0.3) is 10.9 Å². The fraction of sp³-hybridized carbons (Fsp3) is 0.167. The van der Waals surface area contributed by atoms with Gasteiger partial charge < -0.3 is 14.8 Å². The molecule has 1 N–H and O–H groups in total. The number of anilines is 2. The zero-order valence-electron chi connectivity index (χ0n) is 14.6. The molecule has 0 aliphatic rings. The number of carbonyl (C=O) groups is 1. The third-order valence-corrected chi connectivity index (χ3v) is 3.79. The molecule has 1 aromatic heterocycles. The average Bonchev–Trinajstić information content (AvgIpc) is 2.66. The minimum Gasteiger partial charge on any atom is -0.496 e. The summed E-state index contributed by atoms with van der Waals surface area (Å²) in [4.78, 5) is 19.2. The van der Waals surface area contributed by atoms with Crippen LogP contribution in [0.5, 0.6) is 5.75 Å². The number of hydrogen-bond acceptors (Lipinski definition) is 6. The number of aromatic nitrogens is 2. The maximum atomic E-state index is 13.4. The standard InChI is InChI=1S/C18H13F4N3O3/c1-27-14-8-10(4-5-11(14)16(26)28-2)23-17-24-13-6-3-9(19)7-12(13)15(25-17)18(20,21)22/h3-8H,1-2H3,(H,23,24,25). The Bertz CT molecular complexity index is 1050. The lowest BCUT2D eigenvalue weighted by molar-refractivity contribution is -0.139. The van der Waals surface area contributed by atoms with Crippen LogP contribution in [0.4, 0.5) is 29.2 Å². The number of nitrogens with zero attached hydrogens (tertiary/aromatic N) is 2. The molecule has 0 saturated heterocycles. The Kier molecular flexibility index (Phi) is 5.04. The molecule has 28 heavy (non-hydrogen) atoms. The minimum atomic E-state index is -4.81. The summed E-state index contributed by atoms with van der Waals surface area (Å²) in [7, 11) is 2.53. The maximum Gasteiger partial charge on any atom is 0.434 e. The molecule has 0 fully saturated rings. The van der Waals surface area contributed by atoms with Gasteiger partial charge in [0.2, 0.25) is 5.95 Å². The number of nitrogens with one attached hydrogen (secondary N) is 1. The molecule has 0 saturated carbocycles. The normalized spacial score (nSPS) is 11.4. The first-order valence-electron chi connectivity index (χ1n) is 7.81. The second kappa shape index (κ2) is 7.29.